The minimum absolute atomic E-state index is 0.0198. The highest BCUT2D eigenvalue weighted by atomic mass is 32.2. The van der Waals surface area contributed by atoms with Crippen molar-refractivity contribution in [3.05, 3.63) is 18.2 Å². The normalized spacial score (nSPS) is 41.0. The second kappa shape index (κ2) is 9.60. The van der Waals surface area contributed by atoms with Crippen molar-refractivity contribution in [3.63, 3.8) is 0 Å². The number of fused-ring (bicyclic) bond motifs is 2. The molecule has 188 valence electrons. The van der Waals surface area contributed by atoms with Crippen LogP contribution >= 0.6 is 23.5 Å². The molecule has 5 fully saturated rings. The molecule has 4 aliphatic heterocycles. The molecule has 1 amide bonds. The predicted octanol–water partition coefficient (Wildman–Crippen LogP) is 6.10. The van der Waals surface area contributed by atoms with Crippen molar-refractivity contribution in [2.45, 2.75) is 92.9 Å². The minimum atomic E-state index is -0.767. The zero-order chi connectivity index (χ0) is 24.1. The fraction of sp³-hybridized carbons (Fsp3) is 0.731. The SMILES string of the molecule is CSc1cc(NC(=O)CC[C@H]2O[C@@H]3O[C@]4(C)CC[C@H]5[C@H](C)CC[C@@H]([C@H]2C)[C@@]35OO4)cc(SC)c1. The molecular formula is C26H37NO5S2. The number of anilines is 1. The summed E-state index contributed by atoms with van der Waals surface area (Å²) in [5, 5.41) is 3.10. The summed E-state index contributed by atoms with van der Waals surface area (Å²) >= 11 is 3.36. The third-order valence-electron chi connectivity index (χ3n) is 8.59. The molecule has 0 unspecified atom stereocenters. The van der Waals surface area contributed by atoms with Gasteiger partial charge >= 0.3 is 0 Å². The molecule has 5 aliphatic rings. The summed E-state index contributed by atoms with van der Waals surface area (Å²) < 4.78 is 13.1. The number of rotatable bonds is 6. The van der Waals surface area contributed by atoms with Gasteiger partial charge in [0.2, 0.25) is 11.7 Å². The van der Waals surface area contributed by atoms with E-state index in [4.69, 9.17) is 19.2 Å². The minimum Gasteiger partial charge on any atom is -0.346 e. The molecule has 1 aromatic rings. The number of hydrogen-bond acceptors (Lipinski definition) is 7. The highest BCUT2D eigenvalue weighted by Crippen LogP contribution is 2.60. The number of thioether (sulfide) groups is 2. The number of carbonyl (C=O) groups is 1. The molecule has 1 N–H and O–H groups in total. The Kier molecular flexibility index (Phi) is 7.03. The van der Waals surface area contributed by atoms with E-state index in [2.05, 4.69) is 25.2 Å². The first-order valence-electron chi connectivity index (χ1n) is 12.5. The fourth-order valence-corrected chi connectivity index (χ4v) is 7.74. The maximum atomic E-state index is 12.9. The van der Waals surface area contributed by atoms with E-state index in [1.165, 1.54) is 6.42 Å². The molecule has 0 radical (unpaired) electrons. The standard InChI is InChI=1S/C26H37NO5S2/c1-15-6-7-21-16(2)22(29-24-26(21)20(15)10-11-25(3,30-24)31-32-26)8-9-23(28)27-17-12-18(33-4)14-19(13-17)34-5/h12-16,20-22,24H,6-11H2,1-5H3,(H,27,28)/t15-,16-,20+,21+,22-,24-,25+,26-/m1/s1. The van der Waals surface area contributed by atoms with Crippen molar-refractivity contribution in [1.29, 1.82) is 0 Å². The predicted molar refractivity (Wildman–Crippen MR) is 135 cm³/mol. The average Bonchev–Trinajstić information content (AvgIpc) is 3.06. The summed E-state index contributed by atoms with van der Waals surface area (Å²) in [5.74, 6) is 0.722. The molecule has 2 bridgehead atoms. The van der Waals surface area contributed by atoms with Crippen molar-refractivity contribution >= 4 is 35.1 Å². The number of nitrogens with one attached hydrogen (secondary N) is 1. The Bertz CT molecular complexity index is 908. The van der Waals surface area contributed by atoms with Gasteiger partial charge in [0, 0.05) is 34.2 Å². The van der Waals surface area contributed by atoms with E-state index >= 15 is 0 Å². The van der Waals surface area contributed by atoms with Crippen LogP contribution in [-0.4, -0.2) is 42.2 Å². The van der Waals surface area contributed by atoms with Gasteiger partial charge in [-0.25, -0.2) is 9.78 Å². The summed E-state index contributed by atoms with van der Waals surface area (Å²) in [5.41, 5.74) is 0.308. The van der Waals surface area contributed by atoms with Crippen LogP contribution in [0, 0.1) is 23.7 Å². The topological polar surface area (TPSA) is 66.0 Å². The van der Waals surface area contributed by atoms with Crippen LogP contribution in [0.25, 0.3) is 0 Å². The van der Waals surface area contributed by atoms with Gasteiger partial charge < -0.3 is 14.8 Å². The molecule has 34 heavy (non-hydrogen) atoms. The van der Waals surface area contributed by atoms with Gasteiger partial charge in [-0.1, -0.05) is 13.8 Å². The molecule has 6 rings (SSSR count). The van der Waals surface area contributed by atoms with Crippen LogP contribution in [0.4, 0.5) is 5.69 Å². The summed E-state index contributed by atoms with van der Waals surface area (Å²) in [6.07, 6.45) is 8.77. The van der Waals surface area contributed by atoms with Gasteiger partial charge in [0.05, 0.1) is 6.10 Å². The van der Waals surface area contributed by atoms with Crippen LogP contribution in [-0.2, 0) is 24.0 Å². The van der Waals surface area contributed by atoms with E-state index in [0.29, 0.717) is 30.6 Å². The Hall–Kier alpha value is -0.770. The summed E-state index contributed by atoms with van der Waals surface area (Å²) in [4.78, 5) is 27.3. The lowest BCUT2D eigenvalue weighted by atomic mass is 9.57. The highest BCUT2D eigenvalue weighted by molar-refractivity contribution is 7.99. The van der Waals surface area contributed by atoms with E-state index in [1.54, 1.807) is 23.5 Å². The molecular weight excluding hydrogens is 470 g/mol. The molecule has 1 aromatic carbocycles. The van der Waals surface area contributed by atoms with E-state index in [0.717, 1.165) is 34.7 Å². The van der Waals surface area contributed by atoms with Gasteiger partial charge in [-0.05, 0) is 81.1 Å². The first-order valence-corrected chi connectivity index (χ1v) is 15.0. The Morgan fingerprint density at radius 1 is 1.06 bits per heavy atom. The van der Waals surface area contributed by atoms with Crippen molar-refractivity contribution in [1.82, 2.24) is 0 Å². The molecule has 4 heterocycles. The maximum absolute atomic E-state index is 12.9. The maximum Gasteiger partial charge on any atom is 0.224 e. The van der Waals surface area contributed by atoms with Crippen LogP contribution in [0.2, 0.25) is 0 Å². The third kappa shape index (κ3) is 4.33. The molecule has 8 heteroatoms. The van der Waals surface area contributed by atoms with Crippen LogP contribution in [0.5, 0.6) is 0 Å². The number of ether oxygens (including phenoxy) is 2. The smallest absolute Gasteiger partial charge is 0.224 e. The van der Waals surface area contributed by atoms with Gasteiger partial charge in [-0.3, -0.25) is 4.79 Å². The van der Waals surface area contributed by atoms with Gasteiger partial charge in [0.25, 0.3) is 0 Å². The van der Waals surface area contributed by atoms with Gasteiger partial charge in [0.1, 0.15) is 0 Å². The third-order valence-corrected chi connectivity index (χ3v) is 10.0. The second-order valence-corrected chi connectivity index (χ2v) is 12.4. The molecule has 0 aromatic heterocycles. The molecule has 8 atom stereocenters. The zero-order valence-electron chi connectivity index (χ0n) is 20.8. The lowest BCUT2D eigenvalue weighted by molar-refractivity contribution is -0.571. The van der Waals surface area contributed by atoms with Crippen molar-refractivity contribution in [2.24, 2.45) is 23.7 Å². The van der Waals surface area contributed by atoms with Crippen LogP contribution in [0.3, 0.4) is 0 Å². The van der Waals surface area contributed by atoms with E-state index in [-0.39, 0.29) is 17.9 Å². The van der Waals surface area contributed by atoms with Gasteiger partial charge in [-0.15, -0.1) is 23.5 Å². The van der Waals surface area contributed by atoms with Gasteiger partial charge in [-0.2, -0.15) is 0 Å². The largest absolute Gasteiger partial charge is 0.346 e. The first kappa shape index (κ1) is 24.9. The Morgan fingerprint density at radius 2 is 1.79 bits per heavy atom. The molecule has 6 nitrogen and oxygen atoms in total. The highest BCUT2D eigenvalue weighted by Gasteiger charge is 2.69. The summed E-state index contributed by atoms with van der Waals surface area (Å²) in [6.45, 7) is 6.53. The van der Waals surface area contributed by atoms with Crippen molar-refractivity contribution in [2.75, 3.05) is 17.8 Å². The summed E-state index contributed by atoms with van der Waals surface area (Å²) in [7, 11) is 0. The fourth-order valence-electron chi connectivity index (χ4n) is 6.69. The van der Waals surface area contributed by atoms with Crippen molar-refractivity contribution < 1.29 is 24.0 Å². The average molecular weight is 508 g/mol. The van der Waals surface area contributed by atoms with Crippen LogP contribution < -0.4 is 5.32 Å². The number of carbonyl (C=O) groups excluding carboxylic acids is 1. The number of amides is 1. The molecule has 1 aliphatic carbocycles. The second-order valence-electron chi connectivity index (χ2n) is 10.6. The molecule has 1 saturated carbocycles. The number of hydrogen-bond donors (Lipinski definition) is 1. The van der Waals surface area contributed by atoms with E-state index < -0.39 is 17.7 Å². The Labute approximate surface area is 211 Å². The summed E-state index contributed by atoms with van der Waals surface area (Å²) in [6, 6.07) is 6.20. The molecule has 4 saturated heterocycles. The quantitative estimate of drug-likeness (QED) is 0.369. The number of benzene rings is 1. The van der Waals surface area contributed by atoms with Crippen LogP contribution in [0.1, 0.15) is 59.3 Å². The van der Waals surface area contributed by atoms with Crippen molar-refractivity contribution in [3.8, 4) is 0 Å². The Balaban J connectivity index is 1.29. The lowest BCUT2D eigenvalue weighted by Gasteiger charge is -2.60. The first-order chi connectivity index (χ1) is 16.3. The Morgan fingerprint density at radius 3 is 2.50 bits per heavy atom. The van der Waals surface area contributed by atoms with Crippen LogP contribution in [0.15, 0.2) is 28.0 Å². The van der Waals surface area contributed by atoms with Gasteiger partial charge in [0.15, 0.2) is 11.9 Å². The lowest BCUT2D eigenvalue weighted by Crippen LogP contribution is -2.70. The molecule has 1 spiro atoms. The zero-order valence-corrected chi connectivity index (χ0v) is 22.4. The monoisotopic (exact) mass is 507 g/mol. The van der Waals surface area contributed by atoms with E-state index in [9.17, 15) is 4.79 Å². The van der Waals surface area contributed by atoms with E-state index in [1.807, 2.05) is 31.6 Å².